The summed E-state index contributed by atoms with van der Waals surface area (Å²) in [6, 6.07) is 12.0. The van der Waals surface area contributed by atoms with Crippen molar-refractivity contribution in [3.05, 3.63) is 52.9 Å². The Balaban J connectivity index is 1.83. The average molecular weight is 396 g/mol. The van der Waals surface area contributed by atoms with Crippen molar-refractivity contribution in [3.8, 4) is 11.5 Å². The number of anilines is 2. The number of benzene rings is 2. The standard InChI is InChI=1S/C20H16N2O5S/c1-21-13-7-5-4-6-12(13)16(18(21)23)17-19(24)22(20(25)28-17)14-9-8-11(26-2)10-15(14)27-3/h4-10H,1-3H3/b17-16-. The third kappa shape index (κ3) is 2.56. The molecular formula is C20H16N2O5S. The van der Waals surface area contributed by atoms with Crippen molar-refractivity contribution in [3.63, 3.8) is 0 Å². The molecule has 0 aliphatic carbocycles. The second-order valence-electron chi connectivity index (χ2n) is 6.13. The van der Waals surface area contributed by atoms with E-state index in [0.29, 0.717) is 28.4 Å². The highest BCUT2D eigenvalue weighted by Crippen LogP contribution is 2.46. The van der Waals surface area contributed by atoms with Gasteiger partial charge in [-0.05, 0) is 30.0 Å². The number of para-hydroxylation sites is 1. The predicted molar refractivity (Wildman–Crippen MR) is 107 cm³/mol. The summed E-state index contributed by atoms with van der Waals surface area (Å²) in [5.41, 5.74) is 1.89. The molecule has 1 saturated heterocycles. The highest BCUT2D eigenvalue weighted by atomic mass is 32.2. The fourth-order valence-electron chi connectivity index (χ4n) is 3.29. The van der Waals surface area contributed by atoms with Crippen LogP contribution in [0.1, 0.15) is 5.56 Å². The third-order valence-electron chi connectivity index (χ3n) is 4.68. The van der Waals surface area contributed by atoms with Gasteiger partial charge in [-0.15, -0.1) is 0 Å². The number of rotatable bonds is 3. The molecule has 2 aliphatic heterocycles. The minimum Gasteiger partial charge on any atom is -0.497 e. The molecule has 2 aromatic carbocycles. The summed E-state index contributed by atoms with van der Waals surface area (Å²) in [5, 5.41) is -0.490. The number of hydrogen-bond donors (Lipinski definition) is 0. The monoisotopic (exact) mass is 396 g/mol. The molecule has 142 valence electrons. The molecule has 3 amide bonds. The maximum Gasteiger partial charge on any atom is 0.298 e. The van der Waals surface area contributed by atoms with Crippen LogP contribution in [0.2, 0.25) is 0 Å². The van der Waals surface area contributed by atoms with E-state index in [1.54, 1.807) is 43.4 Å². The summed E-state index contributed by atoms with van der Waals surface area (Å²) in [4.78, 5) is 41.3. The largest absolute Gasteiger partial charge is 0.497 e. The van der Waals surface area contributed by atoms with Crippen LogP contribution in [-0.4, -0.2) is 38.3 Å². The van der Waals surface area contributed by atoms with Crippen molar-refractivity contribution in [1.29, 1.82) is 0 Å². The maximum atomic E-state index is 13.2. The van der Waals surface area contributed by atoms with E-state index < -0.39 is 11.1 Å². The number of fused-ring (bicyclic) bond motifs is 1. The molecule has 1 fully saturated rings. The van der Waals surface area contributed by atoms with Gasteiger partial charge in [0, 0.05) is 18.7 Å². The van der Waals surface area contributed by atoms with Crippen LogP contribution in [0.15, 0.2) is 47.4 Å². The minimum atomic E-state index is -0.549. The van der Waals surface area contributed by atoms with E-state index in [1.165, 1.54) is 19.1 Å². The van der Waals surface area contributed by atoms with Gasteiger partial charge in [-0.25, -0.2) is 4.90 Å². The molecule has 2 heterocycles. The van der Waals surface area contributed by atoms with Gasteiger partial charge in [-0.1, -0.05) is 18.2 Å². The van der Waals surface area contributed by atoms with Gasteiger partial charge in [0.1, 0.15) is 11.5 Å². The Morgan fingerprint density at radius 2 is 1.64 bits per heavy atom. The van der Waals surface area contributed by atoms with Gasteiger partial charge in [0.05, 0.1) is 36.1 Å². The average Bonchev–Trinajstić information content (AvgIpc) is 3.14. The molecule has 0 bridgehead atoms. The molecule has 0 aromatic heterocycles. The van der Waals surface area contributed by atoms with Gasteiger partial charge < -0.3 is 14.4 Å². The molecule has 4 rings (SSSR count). The van der Waals surface area contributed by atoms with Gasteiger partial charge >= 0.3 is 0 Å². The van der Waals surface area contributed by atoms with Crippen LogP contribution in [0, 0.1) is 0 Å². The summed E-state index contributed by atoms with van der Waals surface area (Å²) in [6.07, 6.45) is 0. The summed E-state index contributed by atoms with van der Waals surface area (Å²) in [7, 11) is 4.60. The summed E-state index contributed by atoms with van der Waals surface area (Å²) < 4.78 is 10.5. The van der Waals surface area contributed by atoms with Crippen molar-refractivity contribution in [2.75, 3.05) is 31.1 Å². The highest BCUT2D eigenvalue weighted by molar-refractivity contribution is 8.19. The van der Waals surface area contributed by atoms with E-state index >= 15 is 0 Å². The Hall–Kier alpha value is -3.26. The number of methoxy groups -OCH3 is 2. The van der Waals surface area contributed by atoms with Crippen molar-refractivity contribution in [2.45, 2.75) is 0 Å². The van der Waals surface area contributed by atoms with E-state index in [9.17, 15) is 14.4 Å². The van der Waals surface area contributed by atoms with Gasteiger partial charge in [-0.3, -0.25) is 14.4 Å². The number of amides is 3. The number of likely N-dealkylation sites (N-methyl/N-ethyl adjacent to an activating group) is 1. The number of thioether (sulfide) groups is 1. The van der Waals surface area contributed by atoms with E-state index in [0.717, 1.165) is 16.7 Å². The molecule has 0 spiro atoms. The fourth-order valence-corrected chi connectivity index (χ4v) is 4.21. The van der Waals surface area contributed by atoms with Crippen LogP contribution in [0.3, 0.4) is 0 Å². The Morgan fingerprint density at radius 3 is 2.36 bits per heavy atom. The van der Waals surface area contributed by atoms with Crippen LogP contribution < -0.4 is 19.3 Å². The van der Waals surface area contributed by atoms with Crippen LogP contribution in [0.5, 0.6) is 11.5 Å². The number of carbonyl (C=O) groups is 3. The number of ether oxygens (including phenoxy) is 2. The molecule has 0 N–H and O–H groups in total. The Bertz CT molecular complexity index is 1060. The van der Waals surface area contributed by atoms with Gasteiger partial charge in [0.25, 0.3) is 17.1 Å². The first-order chi connectivity index (χ1) is 13.5. The lowest BCUT2D eigenvalue weighted by Gasteiger charge is -2.17. The van der Waals surface area contributed by atoms with E-state index in [2.05, 4.69) is 0 Å². The molecule has 2 aliphatic rings. The quantitative estimate of drug-likeness (QED) is 0.741. The van der Waals surface area contributed by atoms with Crippen molar-refractivity contribution in [2.24, 2.45) is 0 Å². The minimum absolute atomic E-state index is 0.115. The number of carbonyl (C=O) groups excluding carboxylic acids is 3. The van der Waals surface area contributed by atoms with Crippen LogP contribution in [0.25, 0.3) is 5.57 Å². The predicted octanol–water partition coefficient (Wildman–Crippen LogP) is 3.29. The second kappa shape index (κ2) is 6.72. The zero-order valence-corrected chi connectivity index (χ0v) is 16.2. The molecule has 0 radical (unpaired) electrons. The van der Waals surface area contributed by atoms with Gasteiger partial charge in [0.15, 0.2) is 0 Å². The van der Waals surface area contributed by atoms with Gasteiger partial charge in [-0.2, -0.15) is 0 Å². The molecule has 0 atom stereocenters. The summed E-state index contributed by atoms with van der Waals surface area (Å²) in [6.45, 7) is 0. The topological polar surface area (TPSA) is 76.2 Å². The molecule has 2 aromatic rings. The first kappa shape index (κ1) is 18.1. The Kier molecular flexibility index (Phi) is 4.35. The van der Waals surface area contributed by atoms with E-state index in [4.69, 9.17) is 9.47 Å². The molecular weight excluding hydrogens is 380 g/mol. The molecule has 28 heavy (non-hydrogen) atoms. The van der Waals surface area contributed by atoms with Crippen molar-refractivity contribution < 1.29 is 23.9 Å². The lowest BCUT2D eigenvalue weighted by atomic mass is 10.1. The zero-order chi connectivity index (χ0) is 20.0. The van der Waals surface area contributed by atoms with Crippen LogP contribution in [-0.2, 0) is 9.59 Å². The number of imide groups is 1. The van der Waals surface area contributed by atoms with Crippen LogP contribution in [0.4, 0.5) is 16.2 Å². The molecule has 0 unspecified atom stereocenters. The smallest absolute Gasteiger partial charge is 0.298 e. The second-order valence-corrected chi connectivity index (χ2v) is 7.09. The Labute approximate surface area is 165 Å². The lowest BCUT2D eigenvalue weighted by Crippen LogP contribution is -2.29. The van der Waals surface area contributed by atoms with E-state index in [-0.39, 0.29) is 16.4 Å². The Morgan fingerprint density at radius 1 is 0.893 bits per heavy atom. The van der Waals surface area contributed by atoms with E-state index in [1.807, 2.05) is 6.07 Å². The summed E-state index contributed by atoms with van der Waals surface area (Å²) in [5.74, 6) is -0.00377. The first-order valence-corrected chi connectivity index (χ1v) is 9.19. The zero-order valence-electron chi connectivity index (χ0n) is 15.4. The van der Waals surface area contributed by atoms with Gasteiger partial charge in [0.2, 0.25) is 0 Å². The van der Waals surface area contributed by atoms with Crippen molar-refractivity contribution in [1.82, 2.24) is 0 Å². The molecule has 0 saturated carbocycles. The number of hydrogen-bond acceptors (Lipinski definition) is 6. The number of nitrogens with zero attached hydrogens (tertiary/aromatic N) is 2. The summed E-state index contributed by atoms with van der Waals surface area (Å²) >= 11 is 0.755. The van der Waals surface area contributed by atoms with Crippen LogP contribution >= 0.6 is 11.8 Å². The van der Waals surface area contributed by atoms with Crippen molar-refractivity contribution >= 4 is 45.8 Å². The molecule has 8 heteroatoms. The maximum absolute atomic E-state index is 13.2. The fraction of sp³-hybridized carbons (Fsp3) is 0.150. The highest BCUT2D eigenvalue weighted by Gasteiger charge is 2.44. The lowest BCUT2D eigenvalue weighted by molar-refractivity contribution is -0.115. The first-order valence-electron chi connectivity index (χ1n) is 8.38. The molecule has 7 nitrogen and oxygen atoms in total. The third-order valence-corrected chi connectivity index (χ3v) is 5.62. The SMILES string of the molecule is COc1ccc(N2C(=O)S/C(=C3\C(=O)N(C)c4ccccc43)C2=O)c(OC)c1. The normalized spacial score (nSPS) is 18.8.